The van der Waals surface area contributed by atoms with Crippen LogP contribution in [0.3, 0.4) is 0 Å². The topological polar surface area (TPSA) is 52.2 Å². The maximum absolute atomic E-state index is 11.9. The lowest BCUT2D eigenvalue weighted by atomic mass is 9.91. The lowest BCUT2D eigenvalue weighted by Crippen LogP contribution is -2.46. The number of aromatic nitrogens is 2. The van der Waals surface area contributed by atoms with Crippen LogP contribution in [0.4, 0.5) is 0 Å². The number of likely N-dealkylation sites (N-methyl/N-ethyl adjacent to an activating group) is 1. The number of hydrogen-bond donors (Lipinski definition) is 1. The summed E-state index contributed by atoms with van der Waals surface area (Å²) in [6.45, 7) is 9.10. The van der Waals surface area contributed by atoms with Crippen LogP contribution in [0.5, 0.6) is 0 Å². The molecular weight excluding hydrogens is 264 g/mol. The molecular formula is C16H26N4O. The van der Waals surface area contributed by atoms with Gasteiger partial charge in [0.15, 0.2) is 0 Å². The third-order valence-corrected chi connectivity index (χ3v) is 4.96. The number of nitrogens with zero attached hydrogens (tertiary/aromatic N) is 3. The van der Waals surface area contributed by atoms with Gasteiger partial charge in [0.1, 0.15) is 0 Å². The Morgan fingerprint density at radius 1 is 1.05 bits per heavy atom. The summed E-state index contributed by atoms with van der Waals surface area (Å²) in [7, 11) is 0. The van der Waals surface area contributed by atoms with Gasteiger partial charge in [-0.3, -0.25) is 4.79 Å². The van der Waals surface area contributed by atoms with E-state index in [0.717, 1.165) is 63.1 Å². The summed E-state index contributed by atoms with van der Waals surface area (Å²) in [6, 6.07) is 0. The molecule has 0 aromatic carbocycles. The van der Waals surface area contributed by atoms with Gasteiger partial charge in [0.25, 0.3) is 5.56 Å². The van der Waals surface area contributed by atoms with Crippen molar-refractivity contribution in [3.63, 3.8) is 0 Å². The molecule has 0 amide bonds. The Hall–Kier alpha value is -1.20. The maximum atomic E-state index is 11.9. The molecule has 1 aromatic heterocycles. The fraction of sp³-hybridized carbons (Fsp3) is 0.750. The first-order chi connectivity index (χ1) is 10.3. The summed E-state index contributed by atoms with van der Waals surface area (Å²) >= 11 is 0. The minimum atomic E-state index is 0.0324. The highest BCUT2D eigenvalue weighted by Gasteiger charge is 2.19. The third kappa shape index (κ3) is 3.35. The van der Waals surface area contributed by atoms with Crippen molar-refractivity contribution in [2.75, 3.05) is 39.3 Å². The van der Waals surface area contributed by atoms with Crippen LogP contribution in [0.25, 0.3) is 0 Å². The van der Waals surface area contributed by atoms with Gasteiger partial charge in [-0.15, -0.1) is 0 Å². The molecule has 1 N–H and O–H groups in total. The van der Waals surface area contributed by atoms with E-state index in [0.29, 0.717) is 0 Å². The van der Waals surface area contributed by atoms with Crippen molar-refractivity contribution >= 4 is 0 Å². The number of hydrogen-bond acceptors (Lipinski definition) is 4. The Balaban J connectivity index is 1.62. The fourth-order valence-corrected chi connectivity index (χ4v) is 3.53. The van der Waals surface area contributed by atoms with Crippen LogP contribution in [-0.2, 0) is 19.3 Å². The average Bonchev–Trinajstić information content (AvgIpc) is 2.55. The van der Waals surface area contributed by atoms with Crippen molar-refractivity contribution in [1.29, 1.82) is 0 Å². The van der Waals surface area contributed by atoms with E-state index in [1.165, 1.54) is 25.1 Å². The predicted molar refractivity (Wildman–Crippen MR) is 83.8 cm³/mol. The molecule has 0 spiro atoms. The highest BCUT2D eigenvalue weighted by atomic mass is 16.1. The summed E-state index contributed by atoms with van der Waals surface area (Å²) < 4.78 is 0. The van der Waals surface area contributed by atoms with E-state index in [4.69, 9.17) is 0 Å². The zero-order valence-electron chi connectivity index (χ0n) is 13.0. The van der Waals surface area contributed by atoms with Crippen LogP contribution < -0.4 is 5.56 Å². The molecule has 2 heterocycles. The summed E-state index contributed by atoms with van der Waals surface area (Å²) in [5.41, 5.74) is 3.41. The Labute approximate surface area is 126 Å². The van der Waals surface area contributed by atoms with E-state index in [-0.39, 0.29) is 5.56 Å². The van der Waals surface area contributed by atoms with Crippen LogP contribution in [0.1, 0.15) is 36.6 Å². The van der Waals surface area contributed by atoms with Gasteiger partial charge < -0.3 is 9.80 Å². The molecule has 1 fully saturated rings. The lowest BCUT2D eigenvalue weighted by molar-refractivity contribution is 0.138. The maximum Gasteiger partial charge on any atom is 0.267 e. The molecule has 1 aliphatic carbocycles. The Bertz CT molecular complexity index is 532. The Morgan fingerprint density at radius 2 is 1.71 bits per heavy atom. The van der Waals surface area contributed by atoms with Crippen molar-refractivity contribution in [3.8, 4) is 0 Å². The van der Waals surface area contributed by atoms with E-state index < -0.39 is 0 Å². The molecule has 116 valence electrons. The molecule has 0 saturated carbocycles. The SMILES string of the molecule is CCN1CCN(CCc2n[nH]c(=O)c3c2CCCC3)CC1. The van der Waals surface area contributed by atoms with Crippen LogP contribution in [0, 0.1) is 0 Å². The van der Waals surface area contributed by atoms with E-state index in [9.17, 15) is 4.79 Å². The van der Waals surface area contributed by atoms with Gasteiger partial charge in [0.2, 0.25) is 0 Å². The number of aromatic amines is 1. The average molecular weight is 290 g/mol. The highest BCUT2D eigenvalue weighted by molar-refractivity contribution is 5.30. The molecule has 1 aliphatic heterocycles. The number of H-pyrrole nitrogens is 1. The fourth-order valence-electron chi connectivity index (χ4n) is 3.53. The van der Waals surface area contributed by atoms with Crippen LogP contribution >= 0.6 is 0 Å². The van der Waals surface area contributed by atoms with E-state index in [1.807, 2.05) is 0 Å². The van der Waals surface area contributed by atoms with Gasteiger partial charge in [-0.05, 0) is 37.8 Å². The van der Waals surface area contributed by atoms with Gasteiger partial charge in [0, 0.05) is 44.7 Å². The molecule has 3 rings (SSSR count). The zero-order valence-corrected chi connectivity index (χ0v) is 13.0. The van der Waals surface area contributed by atoms with Crippen molar-refractivity contribution < 1.29 is 0 Å². The highest BCUT2D eigenvalue weighted by Crippen LogP contribution is 2.20. The summed E-state index contributed by atoms with van der Waals surface area (Å²) in [4.78, 5) is 16.9. The molecule has 0 bridgehead atoms. The van der Waals surface area contributed by atoms with Crippen molar-refractivity contribution in [2.45, 2.75) is 39.0 Å². The van der Waals surface area contributed by atoms with Crippen molar-refractivity contribution in [2.24, 2.45) is 0 Å². The predicted octanol–water partition coefficient (Wildman–Crippen LogP) is 0.829. The van der Waals surface area contributed by atoms with Crippen LogP contribution in [-0.4, -0.2) is 59.3 Å². The van der Waals surface area contributed by atoms with Crippen molar-refractivity contribution in [1.82, 2.24) is 20.0 Å². The summed E-state index contributed by atoms with van der Waals surface area (Å²) in [6.07, 6.45) is 5.25. The van der Waals surface area contributed by atoms with Crippen molar-refractivity contribution in [3.05, 3.63) is 27.2 Å². The quantitative estimate of drug-likeness (QED) is 0.892. The second-order valence-electron chi connectivity index (χ2n) is 6.19. The molecule has 21 heavy (non-hydrogen) atoms. The summed E-state index contributed by atoms with van der Waals surface area (Å²) in [5, 5.41) is 7.03. The number of piperazine rings is 1. The minimum absolute atomic E-state index is 0.0324. The lowest BCUT2D eigenvalue weighted by Gasteiger charge is -2.34. The standard InChI is InChI=1S/C16H26N4O/c1-2-19-9-11-20(12-10-19)8-7-15-13-5-3-4-6-14(13)16(21)18-17-15/h2-12H2,1H3,(H,18,21). The first-order valence-corrected chi connectivity index (χ1v) is 8.32. The smallest absolute Gasteiger partial charge is 0.267 e. The number of fused-ring (bicyclic) bond motifs is 1. The second kappa shape index (κ2) is 6.71. The Morgan fingerprint density at radius 3 is 2.43 bits per heavy atom. The third-order valence-electron chi connectivity index (χ3n) is 4.96. The molecule has 5 heteroatoms. The van der Waals surface area contributed by atoms with Gasteiger partial charge in [-0.25, -0.2) is 5.10 Å². The monoisotopic (exact) mass is 290 g/mol. The molecule has 2 aliphatic rings. The van der Waals surface area contributed by atoms with Gasteiger partial charge in [-0.2, -0.15) is 5.10 Å². The molecule has 0 atom stereocenters. The minimum Gasteiger partial charge on any atom is -0.301 e. The van der Waals surface area contributed by atoms with Crippen LogP contribution in [0.2, 0.25) is 0 Å². The van der Waals surface area contributed by atoms with E-state index >= 15 is 0 Å². The summed E-state index contributed by atoms with van der Waals surface area (Å²) in [5.74, 6) is 0. The first-order valence-electron chi connectivity index (χ1n) is 8.32. The molecule has 0 unspecified atom stereocenters. The van der Waals surface area contributed by atoms with E-state index in [2.05, 4.69) is 26.9 Å². The molecule has 0 radical (unpaired) electrons. The molecule has 1 saturated heterocycles. The van der Waals surface area contributed by atoms with Gasteiger partial charge in [-0.1, -0.05) is 6.92 Å². The Kier molecular flexibility index (Phi) is 4.70. The van der Waals surface area contributed by atoms with Gasteiger partial charge in [0.05, 0.1) is 5.69 Å². The zero-order chi connectivity index (χ0) is 14.7. The normalized spacial score (nSPS) is 20.4. The largest absolute Gasteiger partial charge is 0.301 e. The van der Waals surface area contributed by atoms with Crippen LogP contribution in [0.15, 0.2) is 4.79 Å². The molecule has 5 nitrogen and oxygen atoms in total. The first kappa shape index (κ1) is 14.7. The number of nitrogens with one attached hydrogen (secondary N) is 1. The van der Waals surface area contributed by atoms with Gasteiger partial charge >= 0.3 is 0 Å². The molecule has 1 aromatic rings. The number of rotatable bonds is 4. The second-order valence-corrected chi connectivity index (χ2v) is 6.19. The van der Waals surface area contributed by atoms with E-state index in [1.54, 1.807) is 0 Å².